The van der Waals surface area contributed by atoms with Gasteiger partial charge >= 0.3 is 0 Å². The smallest absolute Gasteiger partial charge is 0.268 e. The number of hydrogen-bond acceptors (Lipinski definition) is 7. The highest BCUT2D eigenvalue weighted by molar-refractivity contribution is 7.17. The van der Waals surface area contributed by atoms with Crippen LogP contribution in [0.1, 0.15) is 17.3 Å². The summed E-state index contributed by atoms with van der Waals surface area (Å²) in [5.41, 5.74) is 1.59. The lowest BCUT2D eigenvalue weighted by Crippen LogP contribution is -2.25. The Morgan fingerprint density at radius 2 is 2.36 bits per heavy atom. The van der Waals surface area contributed by atoms with Crippen LogP contribution in [0.15, 0.2) is 26.8 Å². The van der Waals surface area contributed by atoms with E-state index in [1.807, 2.05) is 24.4 Å². The standard InChI is InChI=1S/C17H20N4O3S/c1-10-5-12(24-20-10)6-11-7-21(8-14(11)23-2)9-15-18-13-3-4-25-16(13)17(22)19-15/h3-5,11,14H,6-9H2,1-2H3,(H,18,19,22)/t11-,14+/m1/s1. The Balaban J connectivity index is 1.48. The molecule has 3 aromatic rings. The Morgan fingerprint density at radius 3 is 3.12 bits per heavy atom. The van der Waals surface area contributed by atoms with Crippen molar-refractivity contribution in [2.45, 2.75) is 26.0 Å². The van der Waals surface area contributed by atoms with Crippen molar-refractivity contribution in [3.63, 3.8) is 0 Å². The van der Waals surface area contributed by atoms with Crippen LogP contribution in [0.25, 0.3) is 10.2 Å². The van der Waals surface area contributed by atoms with E-state index in [4.69, 9.17) is 9.26 Å². The van der Waals surface area contributed by atoms with E-state index in [1.54, 1.807) is 7.11 Å². The van der Waals surface area contributed by atoms with Crippen molar-refractivity contribution in [2.75, 3.05) is 20.2 Å². The van der Waals surface area contributed by atoms with Crippen LogP contribution in [-0.2, 0) is 17.7 Å². The maximum absolute atomic E-state index is 12.1. The zero-order valence-corrected chi connectivity index (χ0v) is 15.0. The number of methoxy groups -OCH3 is 1. The Hall–Kier alpha value is -2.03. The molecule has 0 bridgehead atoms. The molecule has 3 aromatic heterocycles. The first-order valence-corrected chi connectivity index (χ1v) is 9.14. The molecule has 0 saturated carbocycles. The van der Waals surface area contributed by atoms with Gasteiger partial charge in [0.1, 0.15) is 16.3 Å². The van der Waals surface area contributed by atoms with E-state index in [9.17, 15) is 4.79 Å². The van der Waals surface area contributed by atoms with E-state index < -0.39 is 0 Å². The van der Waals surface area contributed by atoms with Crippen LogP contribution in [0.5, 0.6) is 0 Å². The molecule has 4 rings (SSSR count). The largest absolute Gasteiger partial charge is 0.380 e. The summed E-state index contributed by atoms with van der Waals surface area (Å²) in [6.07, 6.45) is 0.922. The lowest BCUT2D eigenvalue weighted by molar-refractivity contribution is 0.0760. The molecule has 1 saturated heterocycles. The molecule has 25 heavy (non-hydrogen) atoms. The number of aryl methyl sites for hydroxylation is 1. The number of aromatic amines is 1. The monoisotopic (exact) mass is 360 g/mol. The first-order valence-electron chi connectivity index (χ1n) is 8.26. The summed E-state index contributed by atoms with van der Waals surface area (Å²) >= 11 is 1.42. The molecule has 0 unspecified atom stereocenters. The molecule has 1 aliphatic rings. The highest BCUT2D eigenvalue weighted by atomic mass is 32.1. The van der Waals surface area contributed by atoms with Crippen LogP contribution >= 0.6 is 11.3 Å². The van der Waals surface area contributed by atoms with Gasteiger partial charge in [0.2, 0.25) is 0 Å². The summed E-state index contributed by atoms with van der Waals surface area (Å²) in [5.74, 6) is 1.91. The molecule has 7 nitrogen and oxygen atoms in total. The summed E-state index contributed by atoms with van der Waals surface area (Å²) in [7, 11) is 1.74. The molecule has 2 atom stereocenters. The number of nitrogens with one attached hydrogen (secondary N) is 1. The molecule has 1 fully saturated rings. The number of hydrogen-bond donors (Lipinski definition) is 1. The summed E-state index contributed by atoms with van der Waals surface area (Å²) in [5, 5.41) is 5.84. The van der Waals surface area contributed by atoms with Gasteiger partial charge in [-0.05, 0) is 18.4 Å². The molecule has 0 aliphatic carbocycles. The number of H-pyrrole nitrogens is 1. The van der Waals surface area contributed by atoms with Crippen molar-refractivity contribution in [3.8, 4) is 0 Å². The van der Waals surface area contributed by atoms with Crippen LogP contribution in [0.4, 0.5) is 0 Å². The normalized spacial score (nSPS) is 21.4. The van der Waals surface area contributed by atoms with Crippen molar-refractivity contribution in [3.05, 3.63) is 45.1 Å². The predicted octanol–water partition coefficient (Wildman–Crippen LogP) is 1.97. The second kappa shape index (κ2) is 6.70. The first-order chi connectivity index (χ1) is 12.1. The third-order valence-corrected chi connectivity index (χ3v) is 5.54. The summed E-state index contributed by atoms with van der Waals surface area (Å²) < 4.78 is 11.7. The Bertz CT molecular complexity index is 931. The van der Waals surface area contributed by atoms with Crippen molar-refractivity contribution in [1.82, 2.24) is 20.0 Å². The van der Waals surface area contributed by atoms with E-state index in [-0.39, 0.29) is 11.7 Å². The van der Waals surface area contributed by atoms with Crippen LogP contribution in [0.2, 0.25) is 0 Å². The average Bonchev–Trinajstić information content (AvgIpc) is 3.28. The van der Waals surface area contributed by atoms with Crippen molar-refractivity contribution >= 4 is 21.6 Å². The van der Waals surface area contributed by atoms with E-state index in [0.717, 1.165) is 36.5 Å². The second-order valence-corrected chi connectivity index (χ2v) is 7.43. The minimum atomic E-state index is -0.0637. The van der Waals surface area contributed by atoms with Crippen molar-refractivity contribution < 1.29 is 9.26 Å². The van der Waals surface area contributed by atoms with Gasteiger partial charge < -0.3 is 14.2 Å². The van der Waals surface area contributed by atoms with E-state index in [1.165, 1.54) is 11.3 Å². The fourth-order valence-electron chi connectivity index (χ4n) is 3.50. The number of nitrogens with zero attached hydrogens (tertiary/aromatic N) is 3. The number of aromatic nitrogens is 3. The van der Waals surface area contributed by atoms with Crippen molar-refractivity contribution in [1.29, 1.82) is 0 Å². The van der Waals surface area contributed by atoms with Crippen LogP contribution in [0, 0.1) is 12.8 Å². The van der Waals surface area contributed by atoms with Gasteiger partial charge in [0.15, 0.2) is 0 Å². The van der Waals surface area contributed by atoms with Crippen LogP contribution in [0.3, 0.4) is 0 Å². The second-order valence-electron chi connectivity index (χ2n) is 6.51. The van der Waals surface area contributed by atoms with E-state index in [2.05, 4.69) is 20.0 Å². The molecule has 0 spiro atoms. The quantitative estimate of drug-likeness (QED) is 0.749. The third kappa shape index (κ3) is 3.37. The lowest BCUT2D eigenvalue weighted by atomic mass is 10.0. The molecule has 1 N–H and O–H groups in total. The first kappa shape index (κ1) is 16.4. The Labute approximate surface area is 148 Å². The maximum atomic E-state index is 12.1. The molecule has 0 aromatic carbocycles. The number of thiophene rings is 1. The molecule has 0 amide bonds. The van der Waals surface area contributed by atoms with E-state index >= 15 is 0 Å². The number of likely N-dealkylation sites (tertiary alicyclic amines) is 1. The minimum Gasteiger partial charge on any atom is -0.380 e. The van der Waals surface area contributed by atoms with Gasteiger partial charge in [-0.3, -0.25) is 9.69 Å². The number of ether oxygens (including phenoxy) is 1. The van der Waals surface area contributed by atoms with Crippen LogP contribution < -0.4 is 5.56 Å². The lowest BCUT2D eigenvalue weighted by Gasteiger charge is -2.14. The molecular formula is C17H20N4O3S. The maximum Gasteiger partial charge on any atom is 0.268 e. The summed E-state index contributed by atoms with van der Waals surface area (Å²) in [6, 6.07) is 3.86. The third-order valence-electron chi connectivity index (χ3n) is 4.64. The van der Waals surface area contributed by atoms with Gasteiger partial charge in [-0.15, -0.1) is 11.3 Å². The molecule has 4 heterocycles. The fourth-order valence-corrected chi connectivity index (χ4v) is 4.22. The SMILES string of the molecule is CO[C@H]1CN(Cc2nc3ccsc3c(=O)[nH]2)C[C@H]1Cc1cc(C)no1. The minimum absolute atomic E-state index is 0.0637. The van der Waals surface area contributed by atoms with E-state index in [0.29, 0.717) is 23.0 Å². The Kier molecular flexibility index (Phi) is 4.41. The van der Waals surface area contributed by atoms with Gasteiger partial charge in [0, 0.05) is 38.6 Å². The molecule has 132 valence electrons. The topological polar surface area (TPSA) is 84.2 Å². The number of rotatable bonds is 5. The zero-order chi connectivity index (χ0) is 17.4. The van der Waals surface area contributed by atoms with Gasteiger partial charge in [0.25, 0.3) is 5.56 Å². The van der Waals surface area contributed by atoms with Gasteiger partial charge in [-0.1, -0.05) is 5.16 Å². The van der Waals surface area contributed by atoms with Gasteiger partial charge in [-0.25, -0.2) is 4.98 Å². The highest BCUT2D eigenvalue weighted by Gasteiger charge is 2.34. The molecule has 0 radical (unpaired) electrons. The number of fused-ring (bicyclic) bond motifs is 1. The molecular weight excluding hydrogens is 340 g/mol. The Morgan fingerprint density at radius 1 is 1.48 bits per heavy atom. The fraction of sp³-hybridized carbons (Fsp3) is 0.471. The van der Waals surface area contributed by atoms with Crippen LogP contribution in [-0.4, -0.2) is 46.3 Å². The zero-order valence-electron chi connectivity index (χ0n) is 14.2. The van der Waals surface area contributed by atoms with Gasteiger partial charge in [-0.2, -0.15) is 0 Å². The molecule has 1 aliphatic heterocycles. The average molecular weight is 360 g/mol. The van der Waals surface area contributed by atoms with Gasteiger partial charge in [0.05, 0.1) is 23.9 Å². The summed E-state index contributed by atoms with van der Waals surface area (Å²) in [6.45, 7) is 4.19. The van der Waals surface area contributed by atoms with Crippen molar-refractivity contribution in [2.24, 2.45) is 5.92 Å². The molecule has 8 heteroatoms. The predicted molar refractivity (Wildman–Crippen MR) is 94.7 cm³/mol. The summed E-state index contributed by atoms with van der Waals surface area (Å²) in [4.78, 5) is 21.8. The highest BCUT2D eigenvalue weighted by Crippen LogP contribution is 2.25.